The Bertz CT molecular complexity index is 689. The first-order valence-electron chi connectivity index (χ1n) is 8.36. The van der Waals surface area contributed by atoms with Gasteiger partial charge in [-0.05, 0) is 31.6 Å². The maximum atomic E-state index is 5.58. The Morgan fingerprint density at radius 3 is 2.86 bits per heavy atom. The lowest BCUT2D eigenvalue weighted by molar-refractivity contribution is -0.0368. The molecule has 6 heteroatoms. The van der Waals surface area contributed by atoms with Crippen LogP contribution in [0.5, 0.6) is 0 Å². The summed E-state index contributed by atoms with van der Waals surface area (Å²) in [4.78, 5) is 7.14. The highest BCUT2D eigenvalue weighted by Gasteiger charge is 2.59. The molecule has 1 unspecified atom stereocenters. The number of aromatic nitrogens is 4. The fraction of sp³-hybridized carbons (Fsp3) is 0.688. The molecule has 0 aromatic carbocycles. The van der Waals surface area contributed by atoms with E-state index in [1.165, 1.54) is 32.1 Å². The fourth-order valence-corrected chi connectivity index (χ4v) is 4.77. The number of fused-ring (bicyclic) bond motifs is 1. The van der Waals surface area contributed by atoms with Crippen LogP contribution in [-0.4, -0.2) is 45.4 Å². The summed E-state index contributed by atoms with van der Waals surface area (Å²) in [6.07, 6.45) is 12.0. The van der Waals surface area contributed by atoms with Crippen molar-refractivity contribution in [2.24, 2.45) is 11.3 Å². The van der Waals surface area contributed by atoms with Gasteiger partial charge in [-0.2, -0.15) is 0 Å². The van der Waals surface area contributed by atoms with Crippen LogP contribution in [0, 0.1) is 11.3 Å². The van der Waals surface area contributed by atoms with Crippen molar-refractivity contribution in [3.05, 3.63) is 18.7 Å². The number of hydrogen-bond donors (Lipinski definition) is 0. The molecule has 22 heavy (non-hydrogen) atoms. The minimum Gasteiger partial charge on any atom is -0.381 e. The average Bonchev–Trinajstić information content (AvgIpc) is 2.95. The fourth-order valence-electron chi connectivity index (χ4n) is 4.77. The third kappa shape index (κ3) is 1.67. The van der Waals surface area contributed by atoms with E-state index in [9.17, 15) is 0 Å². The van der Waals surface area contributed by atoms with Crippen LogP contribution in [0.1, 0.15) is 32.1 Å². The van der Waals surface area contributed by atoms with Crippen molar-refractivity contribution >= 4 is 11.5 Å². The van der Waals surface area contributed by atoms with Crippen LogP contribution in [0.15, 0.2) is 18.7 Å². The van der Waals surface area contributed by atoms with E-state index in [1.54, 1.807) is 6.33 Å². The number of ether oxygens (including phenoxy) is 1. The molecule has 2 aromatic heterocycles. The van der Waals surface area contributed by atoms with Crippen LogP contribution < -0.4 is 4.90 Å². The Kier molecular flexibility index (Phi) is 2.71. The van der Waals surface area contributed by atoms with Crippen molar-refractivity contribution in [3.8, 4) is 0 Å². The van der Waals surface area contributed by atoms with Crippen LogP contribution >= 0.6 is 0 Å². The molecule has 3 fully saturated rings. The summed E-state index contributed by atoms with van der Waals surface area (Å²) in [7, 11) is 0. The van der Waals surface area contributed by atoms with Gasteiger partial charge >= 0.3 is 0 Å². The maximum absolute atomic E-state index is 5.58. The van der Waals surface area contributed by atoms with E-state index in [2.05, 4.69) is 20.1 Å². The van der Waals surface area contributed by atoms with Gasteiger partial charge in [-0.15, -0.1) is 10.2 Å². The van der Waals surface area contributed by atoms with Gasteiger partial charge in [-0.1, -0.05) is 6.42 Å². The van der Waals surface area contributed by atoms with Crippen LogP contribution in [0.3, 0.4) is 0 Å². The van der Waals surface area contributed by atoms with Crippen LogP contribution in [0.2, 0.25) is 0 Å². The first kappa shape index (κ1) is 12.8. The second kappa shape index (κ2) is 4.65. The molecule has 2 aliphatic heterocycles. The first-order chi connectivity index (χ1) is 10.9. The highest BCUT2D eigenvalue weighted by molar-refractivity contribution is 5.66. The Hall–Kier alpha value is -1.69. The van der Waals surface area contributed by atoms with E-state index < -0.39 is 0 Å². The number of anilines is 1. The van der Waals surface area contributed by atoms with Gasteiger partial charge in [0.2, 0.25) is 5.65 Å². The second-order valence-corrected chi connectivity index (χ2v) is 7.05. The number of rotatable bonds is 2. The van der Waals surface area contributed by atoms with E-state index >= 15 is 0 Å². The van der Waals surface area contributed by atoms with Crippen LogP contribution in [-0.2, 0) is 4.74 Å². The van der Waals surface area contributed by atoms with Crippen molar-refractivity contribution < 1.29 is 4.74 Å². The van der Waals surface area contributed by atoms with Gasteiger partial charge < -0.3 is 9.64 Å². The molecule has 1 atom stereocenters. The lowest BCUT2D eigenvalue weighted by atomic mass is 9.54. The van der Waals surface area contributed by atoms with E-state index in [1.807, 2.05) is 16.8 Å². The summed E-state index contributed by atoms with van der Waals surface area (Å²) in [6, 6.07) is 0.612. The van der Waals surface area contributed by atoms with E-state index in [-0.39, 0.29) is 0 Å². The minimum atomic E-state index is 0.538. The molecule has 0 bridgehead atoms. The summed E-state index contributed by atoms with van der Waals surface area (Å²) in [5.41, 5.74) is 1.42. The quantitative estimate of drug-likeness (QED) is 0.848. The zero-order valence-corrected chi connectivity index (χ0v) is 12.7. The molecule has 1 aliphatic carbocycles. The highest BCUT2D eigenvalue weighted by atomic mass is 16.5. The first-order valence-corrected chi connectivity index (χ1v) is 8.36. The van der Waals surface area contributed by atoms with Crippen molar-refractivity contribution in [3.63, 3.8) is 0 Å². The molecule has 0 amide bonds. The normalized spacial score (nSPS) is 27.8. The molecule has 6 nitrogen and oxygen atoms in total. The summed E-state index contributed by atoms with van der Waals surface area (Å²) in [5.74, 6) is 1.74. The second-order valence-electron chi connectivity index (χ2n) is 7.05. The number of nitrogens with zero attached hydrogens (tertiary/aromatic N) is 5. The van der Waals surface area contributed by atoms with E-state index in [0.717, 1.165) is 37.1 Å². The zero-order chi connectivity index (χ0) is 14.6. The Balaban J connectivity index is 1.52. The SMILES string of the molecule is c1cn2cnnc2c(N2CC3(CCC3)C2C2CCOCC2)n1. The zero-order valence-electron chi connectivity index (χ0n) is 12.7. The maximum Gasteiger partial charge on any atom is 0.203 e. The lowest BCUT2D eigenvalue weighted by Gasteiger charge is -2.65. The molecule has 116 valence electrons. The number of hydrogen-bond acceptors (Lipinski definition) is 5. The molecule has 4 heterocycles. The molecule has 1 spiro atoms. The Morgan fingerprint density at radius 2 is 2.09 bits per heavy atom. The molecule has 1 saturated carbocycles. The lowest BCUT2D eigenvalue weighted by Crippen LogP contribution is -2.71. The largest absolute Gasteiger partial charge is 0.381 e. The van der Waals surface area contributed by atoms with Gasteiger partial charge in [0.25, 0.3) is 0 Å². The Morgan fingerprint density at radius 1 is 1.23 bits per heavy atom. The molecule has 0 N–H and O–H groups in total. The molecule has 3 aliphatic rings. The van der Waals surface area contributed by atoms with Crippen molar-refractivity contribution in [2.75, 3.05) is 24.7 Å². The molecular formula is C16H21N5O. The Labute approximate surface area is 129 Å². The van der Waals surface area contributed by atoms with Crippen molar-refractivity contribution in [2.45, 2.75) is 38.1 Å². The van der Waals surface area contributed by atoms with Gasteiger partial charge in [-0.25, -0.2) is 4.98 Å². The smallest absolute Gasteiger partial charge is 0.203 e. The summed E-state index contributed by atoms with van der Waals surface area (Å²) >= 11 is 0. The van der Waals surface area contributed by atoms with Crippen molar-refractivity contribution in [1.82, 2.24) is 19.6 Å². The molecule has 2 saturated heterocycles. The third-order valence-corrected chi connectivity index (χ3v) is 5.98. The summed E-state index contributed by atoms with van der Waals surface area (Å²) < 4.78 is 7.54. The molecular weight excluding hydrogens is 278 g/mol. The highest BCUT2D eigenvalue weighted by Crippen LogP contribution is 2.57. The van der Waals surface area contributed by atoms with Gasteiger partial charge in [0.05, 0.1) is 0 Å². The minimum absolute atomic E-state index is 0.538. The molecule has 5 rings (SSSR count). The summed E-state index contributed by atoms with van der Waals surface area (Å²) in [5, 5.41) is 8.31. The van der Waals surface area contributed by atoms with Crippen LogP contribution in [0.25, 0.3) is 5.65 Å². The predicted octanol–water partition coefficient (Wildman–Crippen LogP) is 1.91. The predicted molar refractivity (Wildman–Crippen MR) is 81.7 cm³/mol. The van der Waals surface area contributed by atoms with Gasteiger partial charge in [0.15, 0.2) is 5.82 Å². The third-order valence-electron chi connectivity index (χ3n) is 5.98. The topological polar surface area (TPSA) is 55.5 Å². The monoisotopic (exact) mass is 299 g/mol. The van der Waals surface area contributed by atoms with E-state index in [4.69, 9.17) is 4.74 Å². The molecule has 2 aromatic rings. The van der Waals surface area contributed by atoms with Gasteiger partial charge in [0, 0.05) is 43.6 Å². The summed E-state index contributed by atoms with van der Waals surface area (Å²) in [6.45, 7) is 2.95. The van der Waals surface area contributed by atoms with Gasteiger partial charge in [-0.3, -0.25) is 4.40 Å². The van der Waals surface area contributed by atoms with Crippen LogP contribution in [0.4, 0.5) is 5.82 Å². The molecule has 0 radical (unpaired) electrons. The standard InChI is InChI=1S/C16H21N5O/c1-4-16(5-1)10-21(13(16)12-2-8-22-9-3-12)14-15-19-18-11-20(15)7-6-17-14/h6-7,11-13H,1-5,8-10H2. The average molecular weight is 299 g/mol. The van der Waals surface area contributed by atoms with Gasteiger partial charge in [0.1, 0.15) is 6.33 Å². The van der Waals surface area contributed by atoms with E-state index in [0.29, 0.717) is 11.5 Å². The van der Waals surface area contributed by atoms with Crippen molar-refractivity contribution in [1.29, 1.82) is 0 Å².